The zero-order chi connectivity index (χ0) is 25.9. The largest absolute Gasteiger partial charge is 0.478 e. The average molecular weight is 497 g/mol. The number of anilines is 2. The van der Waals surface area contributed by atoms with Gasteiger partial charge in [-0.25, -0.2) is 24.5 Å². The number of carboxylic acid groups (broad SMARTS) is 1. The number of nitrogens with zero attached hydrogens (tertiary/aromatic N) is 6. The summed E-state index contributed by atoms with van der Waals surface area (Å²) in [4.78, 5) is 51.4. The summed E-state index contributed by atoms with van der Waals surface area (Å²) in [5.41, 5.74) is 1.68. The molecule has 0 spiro atoms. The SMILES string of the molecule is N#Cc1ccc(N2C(=O)C(c3ccccc3)N(CC3CCN(c4ncc(C(=O)O)cn4)CC3)C2=O)cc1. The van der Waals surface area contributed by atoms with E-state index in [0.717, 1.165) is 18.4 Å². The molecule has 2 fully saturated rings. The zero-order valence-corrected chi connectivity index (χ0v) is 19.9. The van der Waals surface area contributed by atoms with Crippen LogP contribution < -0.4 is 9.80 Å². The molecule has 3 amide bonds. The van der Waals surface area contributed by atoms with Crippen LogP contribution in [-0.2, 0) is 4.79 Å². The highest BCUT2D eigenvalue weighted by molar-refractivity contribution is 6.21. The second kappa shape index (κ2) is 10.1. The minimum atomic E-state index is -1.07. The number of nitriles is 1. The summed E-state index contributed by atoms with van der Waals surface area (Å²) in [5.74, 6) is -0.744. The monoisotopic (exact) mass is 496 g/mol. The van der Waals surface area contributed by atoms with E-state index in [1.54, 1.807) is 29.2 Å². The molecule has 5 rings (SSSR count). The first-order chi connectivity index (χ1) is 18.0. The second-order valence-electron chi connectivity index (χ2n) is 9.09. The first kappa shape index (κ1) is 23.9. The Morgan fingerprint density at radius 1 is 1.00 bits per heavy atom. The van der Waals surface area contributed by atoms with Gasteiger partial charge in [-0.1, -0.05) is 30.3 Å². The number of carboxylic acids is 1. The topological polar surface area (TPSA) is 131 Å². The van der Waals surface area contributed by atoms with Gasteiger partial charge in [0.15, 0.2) is 0 Å². The number of aromatic nitrogens is 2. The van der Waals surface area contributed by atoms with Gasteiger partial charge in [-0.05, 0) is 48.6 Å². The first-order valence-electron chi connectivity index (χ1n) is 12.0. The molecule has 10 nitrogen and oxygen atoms in total. The molecule has 0 radical (unpaired) electrons. The molecule has 2 aromatic carbocycles. The fourth-order valence-electron chi connectivity index (χ4n) is 4.84. The third kappa shape index (κ3) is 4.71. The van der Waals surface area contributed by atoms with Crippen LogP contribution in [-0.4, -0.2) is 57.5 Å². The van der Waals surface area contributed by atoms with Gasteiger partial charge in [0.1, 0.15) is 6.04 Å². The highest BCUT2D eigenvalue weighted by Gasteiger charge is 2.47. The molecule has 3 heterocycles. The summed E-state index contributed by atoms with van der Waals surface area (Å²) < 4.78 is 0. The maximum atomic E-state index is 13.6. The molecular formula is C27H24N6O4. The molecule has 186 valence electrons. The maximum absolute atomic E-state index is 13.6. The van der Waals surface area contributed by atoms with Crippen LogP contribution in [0.15, 0.2) is 67.0 Å². The Kier molecular flexibility index (Phi) is 6.51. The first-order valence-corrected chi connectivity index (χ1v) is 12.0. The van der Waals surface area contributed by atoms with Crippen molar-refractivity contribution < 1.29 is 19.5 Å². The van der Waals surface area contributed by atoms with E-state index >= 15 is 0 Å². The lowest BCUT2D eigenvalue weighted by Gasteiger charge is -2.34. The van der Waals surface area contributed by atoms with Gasteiger partial charge in [-0.3, -0.25) is 4.79 Å². The quantitative estimate of drug-likeness (QED) is 0.513. The predicted octanol–water partition coefficient (Wildman–Crippen LogP) is 3.47. The van der Waals surface area contributed by atoms with Crippen molar-refractivity contribution >= 4 is 29.5 Å². The number of amides is 3. The minimum absolute atomic E-state index is 0.0367. The lowest BCUT2D eigenvalue weighted by Crippen LogP contribution is -2.41. The van der Waals surface area contributed by atoms with E-state index in [-0.39, 0.29) is 23.4 Å². The summed E-state index contributed by atoms with van der Waals surface area (Å²) in [7, 11) is 0. The van der Waals surface area contributed by atoms with Crippen LogP contribution >= 0.6 is 0 Å². The number of benzene rings is 2. The van der Waals surface area contributed by atoms with Gasteiger partial charge >= 0.3 is 12.0 Å². The summed E-state index contributed by atoms with van der Waals surface area (Å²) in [6, 6.07) is 16.6. The van der Waals surface area contributed by atoms with Crippen LogP contribution in [0.5, 0.6) is 0 Å². The molecule has 2 saturated heterocycles. The van der Waals surface area contributed by atoms with Gasteiger partial charge < -0.3 is 14.9 Å². The normalized spacial score (nSPS) is 18.2. The van der Waals surface area contributed by atoms with Gasteiger partial charge in [0.25, 0.3) is 5.91 Å². The van der Waals surface area contributed by atoms with E-state index in [9.17, 15) is 14.4 Å². The van der Waals surface area contributed by atoms with E-state index in [1.165, 1.54) is 17.3 Å². The third-order valence-electron chi connectivity index (χ3n) is 6.81. The van der Waals surface area contributed by atoms with Crippen molar-refractivity contribution in [2.24, 2.45) is 5.92 Å². The molecule has 0 saturated carbocycles. The standard InChI is InChI=1S/C27H24N6O4/c28-14-18-6-8-22(9-7-18)33-24(34)23(20-4-2-1-3-5-20)32(27(33)37)17-19-10-12-31(13-11-19)26-29-15-21(16-30-26)25(35)36/h1-9,15-16,19,23H,10-13,17H2,(H,35,36). The highest BCUT2D eigenvalue weighted by atomic mass is 16.4. The summed E-state index contributed by atoms with van der Waals surface area (Å²) >= 11 is 0. The van der Waals surface area contributed by atoms with Crippen molar-refractivity contribution in [2.45, 2.75) is 18.9 Å². The smallest absolute Gasteiger partial charge is 0.338 e. The molecule has 3 aromatic rings. The second-order valence-corrected chi connectivity index (χ2v) is 9.09. The summed E-state index contributed by atoms with van der Waals surface area (Å²) in [6.45, 7) is 1.73. The maximum Gasteiger partial charge on any atom is 0.338 e. The number of carbonyl (C=O) groups is 3. The van der Waals surface area contributed by atoms with Crippen LogP contribution in [0, 0.1) is 17.2 Å². The number of aromatic carboxylic acids is 1. The van der Waals surface area contributed by atoms with Crippen molar-refractivity contribution in [1.29, 1.82) is 5.26 Å². The average Bonchev–Trinajstić information content (AvgIpc) is 3.18. The van der Waals surface area contributed by atoms with Gasteiger partial charge in [0.2, 0.25) is 5.95 Å². The number of hydrogen-bond acceptors (Lipinski definition) is 7. The van der Waals surface area contributed by atoms with E-state index < -0.39 is 12.0 Å². The molecule has 0 bridgehead atoms. The number of carbonyl (C=O) groups excluding carboxylic acids is 2. The Bertz CT molecular complexity index is 1350. The van der Waals surface area contributed by atoms with Crippen molar-refractivity contribution in [3.05, 3.63) is 83.7 Å². The lowest BCUT2D eigenvalue weighted by molar-refractivity contribution is -0.120. The van der Waals surface area contributed by atoms with Crippen LogP contribution in [0.2, 0.25) is 0 Å². The third-order valence-corrected chi connectivity index (χ3v) is 6.81. The summed E-state index contributed by atoms with van der Waals surface area (Å²) in [5, 5.41) is 18.1. The van der Waals surface area contributed by atoms with Crippen molar-refractivity contribution in [3.8, 4) is 6.07 Å². The Morgan fingerprint density at radius 2 is 1.65 bits per heavy atom. The fraction of sp³-hybridized carbons (Fsp3) is 0.259. The number of piperidine rings is 1. The molecule has 1 unspecified atom stereocenters. The molecule has 2 aliphatic heterocycles. The molecule has 37 heavy (non-hydrogen) atoms. The van der Waals surface area contributed by atoms with E-state index in [4.69, 9.17) is 10.4 Å². The van der Waals surface area contributed by atoms with Gasteiger partial charge in [-0.2, -0.15) is 5.26 Å². The number of rotatable bonds is 6. The Morgan fingerprint density at radius 3 is 2.24 bits per heavy atom. The van der Waals surface area contributed by atoms with Crippen molar-refractivity contribution in [2.75, 3.05) is 29.4 Å². The molecule has 10 heteroatoms. The van der Waals surface area contributed by atoms with E-state index in [2.05, 4.69) is 16.0 Å². The molecule has 0 aliphatic carbocycles. The zero-order valence-electron chi connectivity index (χ0n) is 19.9. The Hall–Kier alpha value is -4.78. The van der Waals surface area contributed by atoms with E-state index in [0.29, 0.717) is 36.8 Å². The molecule has 1 N–H and O–H groups in total. The number of urea groups is 1. The molecule has 2 aliphatic rings. The molecule has 1 aromatic heterocycles. The fourth-order valence-corrected chi connectivity index (χ4v) is 4.84. The van der Waals surface area contributed by atoms with Crippen molar-refractivity contribution in [1.82, 2.24) is 14.9 Å². The van der Waals surface area contributed by atoms with Crippen molar-refractivity contribution in [3.63, 3.8) is 0 Å². The molecule has 1 atom stereocenters. The predicted molar refractivity (Wildman–Crippen MR) is 134 cm³/mol. The van der Waals surface area contributed by atoms with E-state index in [1.807, 2.05) is 35.2 Å². The Balaban J connectivity index is 1.33. The highest BCUT2D eigenvalue weighted by Crippen LogP contribution is 2.36. The van der Waals surface area contributed by atoms with Gasteiger partial charge in [0.05, 0.1) is 22.9 Å². The number of imide groups is 1. The van der Waals surface area contributed by atoms with Crippen LogP contribution in [0.25, 0.3) is 0 Å². The molecular weight excluding hydrogens is 472 g/mol. The van der Waals surface area contributed by atoms with Gasteiger partial charge in [0, 0.05) is 32.0 Å². The van der Waals surface area contributed by atoms with Crippen LogP contribution in [0.1, 0.15) is 40.4 Å². The Labute approximate surface area is 213 Å². The minimum Gasteiger partial charge on any atom is -0.478 e. The number of hydrogen-bond donors (Lipinski definition) is 1. The van der Waals surface area contributed by atoms with Crippen LogP contribution in [0.3, 0.4) is 0 Å². The summed E-state index contributed by atoms with van der Waals surface area (Å²) in [6.07, 6.45) is 4.13. The van der Waals surface area contributed by atoms with Crippen LogP contribution in [0.4, 0.5) is 16.4 Å². The van der Waals surface area contributed by atoms with Gasteiger partial charge in [-0.15, -0.1) is 0 Å². The lowest BCUT2D eigenvalue weighted by atomic mass is 9.95.